The van der Waals surface area contributed by atoms with Gasteiger partial charge in [0.2, 0.25) is 17.7 Å². The number of hydrogen-bond donors (Lipinski definition) is 6. The number of nitrogens with two attached hydrogens (primary N) is 1. The lowest BCUT2D eigenvalue weighted by molar-refractivity contribution is -0.143. The van der Waals surface area contributed by atoms with Crippen molar-refractivity contribution in [3.05, 3.63) is 0 Å². The van der Waals surface area contributed by atoms with Crippen molar-refractivity contribution in [1.82, 2.24) is 16.0 Å². The van der Waals surface area contributed by atoms with Crippen LogP contribution in [0.15, 0.2) is 0 Å². The van der Waals surface area contributed by atoms with Gasteiger partial charge in [0.25, 0.3) is 0 Å². The Morgan fingerprint density at radius 2 is 1.46 bits per heavy atom. The zero-order valence-electron chi connectivity index (χ0n) is 16.5. The first-order valence-electron chi connectivity index (χ1n) is 8.92. The Labute approximate surface area is 163 Å². The highest BCUT2D eigenvalue weighted by molar-refractivity contribution is 5.94. The Morgan fingerprint density at radius 1 is 0.893 bits per heavy atom. The van der Waals surface area contributed by atoms with Crippen molar-refractivity contribution in [2.24, 2.45) is 17.6 Å². The molecule has 3 unspecified atom stereocenters. The first-order chi connectivity index (χ1) is 12.8. The second kappa shape index (κ2) is 11.9. The molecule has 0 spiro atoms. The lowest BCUT2D eigenvalue weighted by Gasteiger charge is -2.22. The molecule has 3 atom stereocenters. The highest BCUT2D eigenvalue weighted by Crippen LogP contribution is 2.06. The largest absolute Gasteiger partial charge is 0.481 e. The van der Waals surface area contributed by atoms with E-state index in [1.807, 2.05) is 0 Å². The maximum absolute atomic E-state index is 12.3. The van der Waals surface area contributed by atoms with Crippen LogP contribution in [0, 0.1) is 11.8 Å². The molecule has 28 heavy (non-hydrogen) atoms. The van der Waals surface area contributed by atoms with E-state index >= 15 is 0 Å². The first-order valence-corrected chi connectivity index (χ1v) is 8.92. The smallest absolute Gasteiger partial charge is 0.326 e. The molecule has 0 fully saturated rings. The molecule has 0 aliphatic rings. The predicted molar refractivity (Wildman–Crippen MR) is 99.0 cm³/mol. The lowest BCUT2D eigenvalue weighted by Crippen LogP contribution is -2.54. The number of hydrogen-bond acceptors (Lipinski definition) is 6. The van der Waals surface area contributed by atoms with Gasteiger partial charge in [-0.15, -0.1) is 0 Å². The maximum atomic E-state index is 12.3. The minimum Gasteiger partial charge on any atom is -0.481 e. The monoisotopic (exact) mass is 402 g/mol. The van der Waals surface area contributed by atoms with E-state index in [1.54, 1.807) is 27.7 Å². The Morgan fingerprint density at radius 3 is 1.89 bits per heavy atom. The van der Waals surface area contributed by atoms with Gasteiger partial charge < -0.3 is 31.9 Å². The van der Waals surface area contributed by atoms with Crippen molar-refractivity contribution in [2.45, 2.75) is 58.7 Å². The van der Waals surface area contributed by atoms with Crippen LogP contribution in [-0.2, 0) is 24.0 Å². The molecule has 11 heteroatoms. The molecule has 0 aromatic rings. The van der Waals surface area contributed by atoms with Crippen LogP contribution in [0.5, 0.6) is 0 Å². The summed E-state index contributed by atoms with van der Waals surface area (Å²) < 4.78 is 0. The quantitative estimate of drug-likeness (QED) is 0.231. The number of carbonyl (C=O) groups is 5. The summed E-state index contributed by atoms with van der Waals surface area (Å²) >= 11 is 0. The van der Waals surface area contributed by atoms with Crippen LogP contribution >= 0.6 is 0 Å². The van der Waals surface area contributed by atoms with E-state index in [2.05, 4.69) is 16.0 Å². The number of carboxylic acids is 2. The van der Waals surface area contributed by atoms with Crippen molar-refractivity contribution < 1.29 is 34.2 Å². The molecule has 0 saturated heterocycles. The van der Waals surface area contributed by atoms with Crippen LogP contribution in [0.1, 0.15) is 40.5 Å². The molecule has 0 heterocycles. The minimum absolute atomic E-state index is 0.0331. The highest BCUT2D eigenvalue weighted by atomic mass is 16.4. The van der Waals surface area contributed by atoms with Crippen molar-refractivity contribution in [2.75, 3.05) is 6.54 Å². The van der Waals surface area contributed by atoms with Crippen LogP contribution < -0.4 is 21.7 Å². The van der Waals surface area contributed by atoms with Gasteiger partial charge in [0.05, 0.1) is 19.0 Å². The minimum atomic E-state index is -1.49. The molecule has 0 aliphatic carbocycles. The zero-order chi connectivity index (χ0) is 22.0. The number of rotatable bonds is 12. The van der Waals surface area contributed by atoms with Gasteiger partial charge in [-0.3, -0.25) is 19.2 Å². The standard InChI is InChI=1S/C17H30N4O7/c1-8(2)5-11(17(27)28)21-15(25)10(6-13(23)24)20-12(22)7-19-16(26)14(18)9(3)4/h8-11,14H,5-7,18H2,1-4H3,(H,19,26)(H,20,22)(H,21,25)(H,23,24)(H,27,28). The number of carbonyl (C=O) groups excluding carboxylic acids is 3. The summed E-state index contributed by atoms with van der Waals surface area (Å²) in [7, 11) is 0. The van der Waals surface area contributed by atoms with Gasteiger partial charge in [-0.2, -0.15) is 0 Å². The van der Waals surface area contributed by atoms with Crippen LogP contribution in [0.25, 0.3) is 0 Å². The van der Waals surface area contributed by atoms with E-state index in [0.29, 0.717) is 0 Å². The summed E-state index contributed by atoms with van der Waals surface area (Å²) in [5.41, 5.74) is 5.64. The molecule has 0 saturated carbocycles. The van der Waals surface area contributed by atoms with Crippen molar-refractivity contribution in [1.29, 1.82) is 0 Å². The van der Waals surface area contributed by atoms with E-state index in [4.69, 9.17) is 10.8 Å². The SMILES string of the molecule is CC(C)CC(NC(=O)C(CC(=O)O)NC(=O)CNC(=O)C(N)C(C)C)C(=O)O. The molecule has 11 nitrogen and oxygen atoms in total. The van der Waals surface area contributed by atoms with Gasteiger partial charge in [-0.1, -0.05) is 27.7 Å². The van der Waals surface area contributed by atoms with E-state index < -0.39 is 60.8 Å². The van der Waals surface area contributed by atoms with E-state index in [9.17, 15) is 29.1 Å². The molecule has 3 amide bonds. The third-order valence-electron chi connectivity index (χ3n) is 3.80. The van der Waals surface area contributed by atoms with Crippen molar-refractivity contribution in [3.8, 4) is 0 Å². The van der Waals surface area contributed by atoms with E-state index in [-0.39, 0.29) is 18.3 Å². The van der Waals surface area contributed by atoms with Crippen LogP contribution in [0.3, 0.4) is 0 Å². The van der Waals surface area contributed by atoms with E-state index in [1.165, 1.54) is 0 Å². The van der Waals surface area contributed by atoms with Crippen molar-refractivity contribution >= 4 is 29.7 Å². The Kier molecular flexibility index (Phi) is 10.8. The summed E-state index contributed by atoms with van der Waals surface area (Å²) in [5.74, 6) is -5.11. The number of aliphatic carboxylic acids is 2. The molecule has 7 N–H and O–H groups in total. The fraction of sp³-hybridized carbons (Fsp3) is 0.706. The maximum Gasteiger partial charge on any atom is 0.326 e. The molecule has 0 aromatic carbocycles. The molecular weight excluding hydrogens is 372 g/mol. The summed E-state index contributed by atoms with van der Waals surface area (Å²) in [5, 5.41) is 24.9. The highest BCUT2D eigenvalue weighted by Gasteiger charge is 2.29. The number of carboxylic acid groups (broad SMARTS) is 2. The predicted octanol–water partition coefficient (Wildman–Crippen LogP) is -1.34. The second-order valence-corrected chi connectivity index (χ2v) is 7.23. The van der Waals surface area contributed by atoms with Gasteiger partial charge >= 0.3 is 11.9 Å². The average molecular weight is 402 g/mol. The Bertz CT molecular complexity index is 592. The third kappa shape index (κ3) is 9.86. The fourth-order valence-corrected chi connectivity index (χ4v) is 2.18. The normalized spacial score (nSPS) is 14.1. The molecule has 160 valence electrons. The van der Waals surface area contributed by atoms with Crippen molar-refractivity contribution in [3.63, 3.8) is 0 Å². The molecule has 0 aromatic heterocycles. The summed E-state index contributed by atoms with van der Waals surface area (Å²) in [6.45, 7) is 6.49. The summed E-state index contributed by atoms with van der Waals surface area (Å²) in [4.78, 5) is 58.3. The number of nitrogens with one attached hydrogen (secondary N) is 3. The zero-order valence-corrected chi connectivity index (χ0v) is 16.5. The molecule has 0 bridgehead atoms. The molecule has 0 aliphatic heterocycles. The fourth-order valence-electron chi connectivity index (χ4n) is 2.18. The molecule has 0 radical (unpaired) electrons. The Hall–Kier alpha value is -2.69. The topological polar surface area (TPSA) is 188 Å². The third-order valence-corrected chi connectivity index (χ3v) is 3.80. The summed E-state index contributed by atoms with van der Waals surface area (Å²) in [6.07, 6.45) is -0.608. The van der Waals surface area contributed by atoms with Gasteiger partial charge in [0, 0.05) is 0 Å². The van der Waals surface area contributed by atoms with Gasteiger partial charge in [0.1, 0.15) is 12.1 Å². The second-order valence-electron chi connectivity index (χ2n) is 7.23. The Balaban J connectivity index is 4.94. The van der Waals surface area contributed by atoms with Crippen LogP contribution in [0.2, 0.25) is 0 Å². The molecular formula is C17H30N4O7. The van der Waals surface area contributed by atoms with Gasteiger partial charge in [-0.05, 0) is 18.3 Å². The first kappa shape index (κ1) is 25.3. The number of amides is 3. The van der Waals surface area contributed by atoms with E-state index in [0.717, 1.165) is 0 Å². The summed E-state index contributed by atoms with van der Waals surface area (Å²) in [6, 6.07) is -3.53. The lowest BCUT2D eigenvalue weighted by atomic mass is 10.0. The van der Waals surface area contributed by atoms with Crippen LogP contribution in [0.4, 0.5) is 0 Å². The average Bonchev–Trinajstić information content (AvgIpc) is 2.56. The van der Waals surface area contributed by atoms with Crippen LogP contribution in [-0.4, -0.2) is 64.5 Å². The van der Waals surface area contributed by atoms with Gasteiger partial charge in [-0.25, -0.2) is 4.79 Å². The van der Waals surface area contributed by atoms with Gasteiger partial charge in [0.15, 0.2) is 0 Å². The molecule has 0 rings (SSSR count).